The smallest absolute Gasteiger partial charge is 0.218 e. The summed E-state index contributed by atoms with van der Waals surface area (Å²) in [5, 5.41) is 6.27. The number of rotatable bonds is 10. The number of ether oxygens (including phenoxy) is 1. The molecule has 1 aromatic heterocycles. The van der Waals surface area contributed by atoms with E-state index in [1.165, 1.54) is 18.2 Å². The van der Waals surface area contributed by atoms with Gasteiger partial charge in [-0.25, -0.2) is 17.8 Å². The number of unbranched alkanes of at least 4 members (excludes halogenated alkanes) is 1. The molecule has 164 valence electrons. The van der Waals surface area contributed by atoms with Gasteiger partial charge in [-0.05, 0) is 35.7 Å². The summed E-state index contributed by atoms with van der Waals surface area (Å²) in [5.74, 6) is 0.503. The van der Waals surface area contributed by atoms with Gasteiger partial charge in [0.2, 0.25) is 5.88 Å². The van der Waals surface area contributed by atoms with E-state index in [1.54, 1.807) is 13.2 Å². The summed E-state index contributed by atoms with van der Waals surface area (Å²) in [4.78, 5) is 8.45. The number of hydrogen-bond acceptors (Lipinski definition) is 5. The van der Waals surface area contributed by atoms with Crippen LogP contribution >= 0.6 is 0 Å². The van der Waals surface area contributed by atoms with Crippen LogP contribution in [0.25, 0.3) is 0 Å². The first-order chi connectivity index (χ1) is 14.3. The Hall–Kier alpha value is -2.68. The van der Waals surface area contributed by atoms with Gasteiger partial charge in [-0.3, -0.25) is 4.99 Å². The number of aliphatic imine (C=N–C) groups is 1. The summed E-state index contributed by atoms with van der Waals surface area (Å²) in [6, 6.07) is 7.86. The molecule has 0 unspecified atom stereocenters. The summed E-state index contributed by atoms with van der Waals surface area (Å²) in [6.45, 7) is 3.37. The molecule has 0 atom stereocenters. The Morgan fingerprint density at radius 2 is 1.90 bits per heavy atom. The number of pyridine rings is 1. The van der Waals surface area contributed by atoms with E-state index in [9.17, 15) is 12.8 Å². The maximum atomic E-state index is 13.7. The predicted molar refractivity (Wildman–Crippen MR) is 117 cm³/mol. The van der Waals surface area contributed by atoms with Crippen LogP contribution in [0.3, 0.4) is 0 Å². The van der Waals surface area contributed by atoms with Crippen LogP contribution in [-0.4, -0.2) is 39.3 Å². The lowest BCUT2D eigenvalue weighted by atomic mass is 10.1. The molecule has 2 N–H and O–H groups in total. The molecule has 0 aliphatic carbocycles. The van der Waals surface area contributed by atoms with Gasteiger partial charge in [-0.2, -0.15) is 0 Å². The first kappa shape index (κ1) is 23.6. The van der Waals surface area contributed by atoms with Gasteiger partial charge in [-0.1, -0.05) is 25.5 Å². The molecule has 0 saturated carbocycles. The minimum Gasteiger partial charge on any atom is -0.477 e. The van der Waals surface area contributed by atoms with E-state index in [1.807, 2.05) is 12.1 Å². The van der Waals surface area contributed by atoms with Gasteiger partial charge >= 0.3 is 0 Å². The van der Waals surface area contributed by atoms with Crippen LogP contribution in [-0.2, 0) is 28.7 Å². The Bertz CT molecular complexity index is 964. The average molecular weight is 437 g/mol. The number of nitrogens with one attached hydrogen (secondary N) is 2. The van der Waals surface area contributed by atoms with Crippen molar-refractivity contribution in [1.82, 2.24) is 15.6 Å². The molecule has 0 amide bonds. The van der Waals surface area contributed by atoms with E-state index in [0.29, 0.717) is 36.1 Å². The van der Waals surface area contributed by atoms with Crippen LogP contribution in [0, 0.1) is 5.82 Å². The molecule has 0 saturated heterocycles. The minimum absolute atomic E-state index is 0.148. The molecule has 0 spiro atoms. The number of benzene rings is 1. The Morgan fingerprint density at radius 1 is 1.17 bits per heavy atom. The van der Waals surface area contributed by atoms with Gasteiger partial charge < -0.3 is 15.4 Å². The highest BCUT2D eigenvalue weighted by atomic mass is 32.2. The Balaban J connectivity index is 2.01. The zero-order valence-electron chi connectivity index (χ0n) is 17.6. The summed E-state index contributed by atoms with van der Waals surface area (Å²) < 4.78 is 42.7. The van der Waals surface area contributed by atoms with E-state index in [2.05, 4.69) is 27.5 Å². The van der Waals surface area contributed by atoms with Crippen molar-refractivity contribution in [1.29, 1.82) is 0 Å². The molecule has 9 heteroatoms. The number of hydrogen-bond donors (Lipinski definition) is 2. The second-order valence-electron chi connectivity index (χ2n) is 6.93. The number of guanidine groups is 1. The minimum atomic E-state index is -3.23. The molecular formula is C21H29FN4O3S. The first-order valence-corrected chi connectivity index (χ1v) is 11.8. The first-order valence-electron chi connectivity index (χ1n) is 9.78. The van der Waals surface area contributed by atoms with Gasteiger partial charge in [0.05, 0.1) is 12.4 Å². The molecule has 2 rings (SSSR count). The third kappa shape index (κ3) is 7.98. The van der Waals surface area contributed by atoms with E-state index < -0.39 is 15.7 Å². The molecule has 1 heterocycles. The van der Waals surface area contributed by atoms with Crippen LogP contribution in [0.2, 0.25) is 0 Å². The second kappa shape index (κ2) is 11.5. The summed E-state index contributed by atoms with van der Waals surface area (Å²) >= 11 is 0. The van der Waals surface area contributed by atoms with Crippen LogP contribution in [0.1, 0.15) is 36.5 Å². The number of sulfone groups is 1. The van der Waals surface area contributed by atoms with Gasteiger partial charge in [-0.15, -0.1) is 0 Å². The van der Waals surface area contributed by atoms with Crippen LogP contribution in [0.15, 0.2) is 41.5 Å². The molecule has 0 fully saturated rings. The predicted octanol–water partition coefficient (Wildman–Crippen LogP) is 2.81. The topological polar surface area (TPSA) is 92.7 Å². The molecule has 1 aromatic carbocycles. The molecule has 0 radical (unpaired) electrons. The van der Waals surface area contributed by atoms with Crippen molar-refractivity contribution in [3.8, 4) is 5.88 Å². The fourth-order valence-electron chi connectivity index (χ4n) is 2.76. The zero-order valence-corrected chi connectivity index (χ0v) is 18.4. The number of nitrogens with zero attached hydrogens (tertiary/aromatic N) is 2. The van der Waals surface area contributed by atoms with Crippen molar-refractivity contribution in [3.63, 3.8) is 0 Å². The highest BCUT2D eigenvalue weighted by Gasteiger charge is 2.12. The third-order valence-electron chi connectivity index (χ3n) is 4.29. The van der Waals surface area contributed by atoms with Crippen molar-refractivity contribution in [2.45, 2.75) is 38.6 Å². The van der Waals surface area contributed by atoms with Gasteiger partial charge in [0.15, 0.2) is 15.8 Å². The molecule has 7 nitrogen and oxygen atoms in total. The molecule has 2 aromatic rings. The number of aromatic nitrogens is 1. The van der Waals surface area contributed by atoms with Crippen LogP contribution < -0.4 is 15.4 Å². The van der Waals surface area contributed by atoms with Crippen molar-refractivity contribution < 1.29 is 17.5 Å². The summed E-state index contributed by atoms with van der Waals surface area (Å²) in [6.07, 6.45) is 4.84. The highest BCUT2D eigenvalue weighted by Crippen LogP contribution is 2.16. The summed E-state index contributed by atoms with van der Waals surface area (Å²) in [7, 11) is -1.61. The second-order valence-corrected chi connectivity index (χ2v) is 9.07. The largest absolute Gasteiger partial charge is 0.477 e. The monoisotopic (exact) mass is 436 g/mol. The fraction of sp³-hybridized carbons (Fsp3) is 0.429. The van der Waals surface area contributed by atoms with Gasteiger partial charge in [0, 0.05) is 38.2 Å². The van der Waals surface area contributed by atoms with Gasteiger partial charge in [0.25, 0.3) is 0 Å². The molecule has 30 heavy (non-hydrogen) atoms. The van der Waals surface area contributed by atoms with E-state index >= 15 is 0 Å². The normalized spacial score (nSPS) is 11.9. The number of halogens is 1. The zero-order chi connectivity index (χ0) is 22.0. The summed E-state index contributed by atoms with van der Waals surface area (Å²) in [5.41, 5.74) is 2.01. The lowest BCUT2D eigenvalue weighted by molar-refractivity contribution is 0.294. The molecule has 0 aliphatic rings. The van der Waals surface area contributed by atoms with E-state index in [4.69, 9.17) is 4.74 Å². The van der Waals surface area contributed by atoms with Crippen molar-refractivity contribution in [2.75, 3.05) is 19.9 Å². The molecule has 0 aliphatic heterocycles. The third-order valence-corrected chi connectivity index (χ3v) is 5.12. The Labute approximate surface area is 177 Å². The standard InChI is InChI=1S/C21H29FN4O3S/c1-4-5-11-29-20-16(7-6-10-24-20)13-25-21(23-2)26-14-18-12-19(22)9-8-17(18)15-30(3,27)28/h6-10,12H,4-5,11,13-15H2,1-3H3,(H2,23,25,26). The van der Waals surface area contributed by atoms with Gasteiger partial charge in [0.1, 0.15) is 5.82 Å². The van der Waals surface area contributed by atoms with E-state index in [0.717, 1.165) is 24.7 Å². The Morgan fingerprint density at radius 3 is 2.57 bits per heavy atom. The molecular weight excluding hydrogens is 407 g/mol. The van der Waals surface area contributed by atoms with E-state index in [-0.39, 0.29) is 12.3 Å². The van der Waals surface area contributed by atoms with Crippen molar-refractivity contribution in [3.05, 3.63) is 59.0 Å². The lowest BCUT2D eigenvalue weighted by Gasteiger charge is -2.15. The maximum absolute atomic E-state index is 13.7. The average Bonchev–Trinajstić information content (AvgIpc) is 2.70. The highest BCUT2D eigenvalue weighted by molar-refractivity contribution is 7.89. The van der Waals surface area contributed by atoms with Crippen molar-refractivity contribution in [2.24, 2.45) is 4.99 Å². The van der Waals surface area contributed by atoms with Crippen molar-refractivity contribution >= 4 is 15.8 Å². The fourth-order valence-corrected chi connectivity index (χ4v) is 3.61. The lowest BCUT2D eigenvalue weighted by Crippen LogP contribution is -2.36. The quantitative estimate of drug-likeness (QED) is 0.338. The Kier molecular flexibility index (Phi) is 9.04. The maximum Gasteiger partial charge on any atom is 0.218 e. The van der Waals surface area contributed by atoms with Crippen LogP contribution in [0.4, 0.5) is 4.39 Å². The van der Waals surface area contributed by atoms with Crippen LogP contribution in [0.5, 0.6) is 5.88 Å². The SMILES string of the molecule is CCCCOc1ncccc1CNC(=NC)NCc1cc(F)ccc1CS(C)(=O)=O. The molecule has 0 bridgehead atoms.